The second kappa shape index (κ2) is 8.39. The Hall–Kier alpha value is -2.78. The van der Waals surface area contributed by atoms with Gasteiger partial charge in [-0.1, -0.05) is 36.4 Å². The highest BCUT2D eigenvalue weighted by Gasteiger charge is 2.61. The zero-order chi connectivity index (χ0) is 22.1. The molecule has 0 amide bonds. The second-order valence-electron chi connectivity index (χ2n) is 7.91. The van der Waals surface area contributed by atoms with E-state index in [4.69, 9.17) is 23.7 Å². The third-order valence-electron chi connectivity index (χ3n) is 5.15. The van der Waals surface area contributed by atoms with E-state index >= 15 is 0 Å². The molecule has 4 atom stereocenters. The van der Waals surface area contributed by atoms with Crippen LogP contribution in [-0.4, -0.2) is 60.1 Å². The Morgan fingerprint density at radius 3 is 1.97 bits per heavy atom. The van der Waals surface area contributed by atoms with E-state index in [9.17, 15) is 14.7 Å². The first kappa shape index (κ1) is 21.5. The molecule has 0 unspecified atom stereocenters. The molecule has 8 nitrogen and oxygen atoms in total. The van der Waals surface area contributed by atoms with Gasteiger partial charge in [0.25, 0.3) is 0 Å². The van der Waals surface area contributed by atoms with Crippen molar-refractivity contribution in [1.29, 1.82) is 0 Å². The number of carbonyl (C=O) groups is 2. The summed E-state index contributed by atoms with van der Waals surface area (Å²) >= 11 is 0. The smallest absolute Gasteiger partial charge is 0.338 e. The lowest BCUT2D eigenvalue weighted by Gasteiger charge is -2.44. The van der Waals surface area contributed by atoms with E-state index in [-0.39, 0.29) is 13.2 Å². The monoisotopic (exact) mass is 428 g/mol. The summed E-state index contributed by atoms with van der Waals surface area (Å²) in [6, 6.07) is 16.7. The van der Waals surface area contributed by atoms with Gasteiger partial charge in [0.2, 0.25) is 5.79 Å². The first-order valence-electron chi connectivity index (χ1n) is 9.98. The van der Waals surface area contributed by atoms with Gasteiger partial charge in [0.05, 0.1) is 17.7 Å². The van der Waals surface area contributed by atoms with Gasteiger partial charge < -0.3 is 28.8 Å². The summed E-state index contributed by atoms with van der Waals surface area (Å²) in [5, 5.41) is 10.6. The Labute approximate surface area is 179 Å². The molecule has 31 heavy (non-hydrogen) atoms. The number of hydrogen-bond acceptors (Lipinski definition) is 8. The third kappa shape index (κ3) is 4.47. The standard InChI is InChI=1S/C23H24O8/c1-22(2)28-14-23(31-22)19(30-21(26)16-11-7-4-8-12-16)18(17(24)13-27-23)29-20(25)15-9-5-3-6-10-15/h3-12,17-19,24H,13-14H2,1-2H3/t17-,18-,19+,23+/m1/s1. The van der Waals surface area contributed by atoms with Crippen molar-refractivity contribution in [3.63, 3.8) is 0 Å². The summed E-state index contributed by atoms with van der Waals surface area (Å²) in [6.07, 6.45) is -3.73. The number of carbonyl (C=O) groups excluding carboxylic acids is 2. The molecule has 0 aliphatic carbocycles. The minimum Gasteiger partial charge on any atom is -0.452 e. The van der Waals surface area contributed by atoms with Crippen molar-refractivity contribution in [1.82, 2.24) is 0 Å². The van der Waals surface area contributed by atoms with Crippen LogP contribution in [0.15, 0.2) is 60.7 Å². The summed E-state index contributed by atoms with van der Waals surface area (Å²) in [6.45, 7) is 3.12. The van der Waals surface area contributed by atoms with E-state index in [0.29, 0.717) is 11.1 Å². The molecule has 1 spiro atoms. The molecule has 0 radical (unpaired) electrons. The molecule has 2 aromatic carbocycles. The Morgan fingerprint density at radius 1 is 0.903 bits per heavy atom. The largest absolute Gasteiger partial charge is 0.452 e. The maximum absolute atomic E-state index is 12.8. The first-order chi connectivity index (χ1) is 14.8. The molecule has 4 rings (SSSR count). The van der Waals surface area contributed by atoms with Gasteiger partial charge in [-0.25, -0.2) is 9.59 Å². The van der Waals surface area contributed by atoms with Crippen molar-refractivity contribution >= 4 is 11.9 Å². The zero-order valence-electron chi connectivity index (χ0n) is 17.2. The minimum atomic E-state index is -1.53. The molecule has 0 aromatic heterocycles. The average molecular weight is 428 g/mol. The van der Waals surface area contributed by atoms with Gasteiger partial charge in [-0.2, -0.15) is 0 Å². The van der Waals surface area contributed by atoms with Crippen LogP contribution in [0, 0.1) is 0 Å². The lowest BCUT2D eigenvalue weighted by atomic mass is 9.96. The molecule has 2 saturated heterocycles. The van der Waals surface area contributed by atoms with Crippen molar-refractivity contribution in [2.45, 2.75) is 43.7 Å². The Bertz CT molecular complexity index is 929. The predicted molar refractivity (Wildman–Crippen MR) is 107 cm³/mol. The van der Waals surface area contributed by atoms with Crippen molar-refractivity contribution in [3.8, 4) is 0 Å². The van der Waals surface area contributed by atoms with Crippen LogP contribution in [0.25, 0.3) is 0 Å². The van der Waals surface area contributed by atoms with Gasteiger partial charge in [0.1, 0.15) is 12.7 Å². The number of aliphatic hydroxyl groups is 1. The predicted octanol–water partition coefficient (Wildman–Crippen LogP) is 2.31. The molecule has 2 aliphatic heterocycles. The molecule has 164 valence electrons. The molecule has 2 aromatic rings. The summed E-state index contributed by atoms with van der Waals surface area (Å²) in [5.74, 6) is -3.89. The van der Waals surface area contributed by atoms with Gasteiger partial charge in [0, 0.05) is 0 Å². The van der Waals surface area contributed by atoms with E-state index in [2.05, 4.69) is 0 Å². The van der Waals surface area contributed by atoms with E-state index in [1.54, 1.807) is 74.5 Å². The molecule has 1 N–H and O–H groups in total. The van der Waals surface area contributed by atoms with Gasteiger partial charge in [0.15, 0.2) is 18.0 Å². The van der Waals surface area contributed by atoms with E-state index < -0.39 is 41.8 Å². The number of hydrogen-bond donors (Lipinski definition) is 1. The van der Waals surface area contributed by atoms with Crippen LogP contribution in [0.2, 0.25) is 0 Å². The summed E-state index contributed by atoms with van der Waals surface area (Å²) in [4.78, 5) is 25.5. The second-order valence-corrected chi connectivity index (χ2v) is 7.91. The Kier molecular flexibility index (Phi) is 5.81. The van der Waals surface area contributed by atoms with Crippen molar-refractivity contribution in [2.24, 2.45) is 0 Å². The fourth-order valence-electron chi connectivity index (χ4n) is 3.64. The lowest BCUT2D eigenvalue weighted by Crippen LogP contribution is -2.65. The fourth-order valence-corrected chi connectivity index (χ4v) is 3.64. The number of rotatable bonds is 4. The maximum atomic E-state index is 12.8. The summed E-state index contributed by atoms with van der Waals surface area (Å²) in [7, 11) is 0. The maximum Gasteiger partial charge on any atom is 0.338 e. The van der Waals surface area contributed by atoms with Gasteiger partial charge in [-0.15, -0.1) is 0 Å². The minimum absolute atomic E-state index is 0.0706. The SMILES string of the molecule is CC1(C)OC[C@]2(OC[C@@H](O)[C@@H](OC(=O)c3ccccc3)[C@@H]2OC(=O)c2ccccc2)O1. The number of esters is 2. The molecule has 2 aliphatic rings. The summed E-state index contributed by atoms with van der Waals surface area (Å²) < 4.78 is 28.7. The molecular weight excluding hydrogens is 404 g/mol. The first-order valence-corrected chi connectivity index (χ1v) is 9.98. The Balaban J connectivity index is 1.64. The highest BCUT2D eigenvalue weighted by atomic mass is 16.8. The van der Waals surface area contributed by atoms with E-state index in [0.717, 1.165) is 0 Å². The van der Waals surface area contributed by atoms with Crippen LogP contribution in [0.4, 0.5) is 0 Å². The van der Waals surface area contributed by atoms with Crippen molar-refractivity contribution < 1.29 is 38.4 Å². The topological polar surface area (TPSA) is 101 Å². The summed E-state index contributed by atoms with van der Waals surface area (Å²) in [5.41, 5.74) is 0.594. The van der Waals surface area contributed by atoms with Gasteiger partial charge in [-0.3, -0.25) is 0 Å². The zero-order valence-corrected chi connectivity index (χ0v) is 17.2. The average Bonchev–Trinajstić information content (AvgIpc) is 3.09. The van der Waals surface area contributed by atoms with Crippen LogP contribution in [0.1, 0.15) is 34.6 Å². The normalized spacial score (nSPS) is 29.5. The van der Waals surface area contributed by atoms with E-state index in [1.807, 2.05) is 0 Å². The lowest BCUT2D eigenvalue weighted by molar-refractivity contribution is -0.335. The third-order valence-corrected chi connectivity index (χ3v) is 5.15. The van der Waals surface area contributed by atoms with Crippen LogP contribution >= 0.6 is 0 Å². The van der Waals surface area contributed by atoms with Crippen molar-refractivity contribution in [3.05, 3.63) is 71.8 Å². The van der Waals surface area contributed by atoms with Gasteiger partial charge in [-0.05, 0) is 38.1 Å². The molecular formula is C23H24O8. The highest BCUT2D eigenvalue weighted by Crippen LogP contribution is 2.41. The molecule has 2 fully saturated rings. The molecule has 0 saturated carbocycles. The van der Waals surface area contributed by atoms with Crippen LogP contribution in [0.3, 0.4) is 0 Å². The van der Waals surface area contributed by atoms with Crippen LogP contribution in [0.5, 0.6) is 0 Å². The number of ether oxygens (including phenoxy) is 5. The number of aliphatic hydroxyl groups excluding tert-OH is 1. The van der Waals surface area contributed by atoms with Crippen LogP contribution < -0.4 is 0 Å². The fraction of sp³-hybridized carbons (Fsp3) is 0.391. The van der Waals surface area contributed by atoms with E-state index in [1.165, 1.54) is 0 Å². The number of benzene rings is 2. The highest BCUT2D eigenvalue weighted by molar-refractivity contribution is 5.90. The van der Waals surface area contributed by atoms with Gasteiger partial charge >= 0.3 is 11.9 Å². The van der Waals surface area contributed by atoms with Crippen molar-refractivity contribution in [2.75, 3.05) is 13.2 Å². The van der Waals surface area contributed by atoms with Crippen LogP contribution in [-0.2, 0) is 23.7 Å². The molecule has 0 bridgehead atoms. The Morgan fingerprint density at radius 2 is 1.45 bits per heavy atom. The molecule has 2 heterocycles. The quantitative estimate of drug-likeness (QED) is 0.741. The molecule has 8 heteroatoms.